The van der Waals surface area contributed by atoms with Crippen molar-refractivity contribution in [3.05, 3.63) is 75.9 Å². The van der Waals surface area contributed by atoms with Crippen LogP contribution in [0.1, 0.15) is 10.4 Å². The lowest BCUT2D eigenvalue weighted by atomic mass is 10.2. The Morgan fingerprint density at radius 3 is 2.71 bits per heavy atom. The van der Waals surface area contributed by atoms with Gasteiger partial charge in [-0.3, -0.25) is 15.0 Å². The molecule has 0 saturated heterocycles. The quantitative estimate of drug-likeness (QED) is 0.606. The van der Waals surface area contributed by atoms with Crippen LogP contribution in [0.3, 0.4) is 0 Å². The summed E-state index contributed by atoms with van der Waals surface area (Å²) < 4.78 is 2.69. The Kier molecular flexibility index (Phi) is 3.28. The fraction of sp³-hybridized carbons (Fsp3) is 0. The first-order valence-electron chi connectivity index (χ1n) is 7.04. The van der Waals surface area contributed by atoms with Crippen LogP contribution >= 0.6 is 11.6 Å². The molecule has 0 spiro atoms. The molecule has 0 aliphatic heterocycles. The highest BCUT2D eigenvalue weighted by Crippen LogP contribution is 2.11. The zero-order valence-corrected chi connectivity index (χ0v) is 12.9. The molecular weight excluding hydrogens is 330 g/mol. The van der Waals surface area contributed by atoms with Crippen molar-refractivity contribution >= 4 is 34.1 Å². The Bertz CT molecular complexity index is 1130. The van der Waals surface area contributed by atoms with Crippen LogP contribution in [0, 0.1) is 0 Å². The van der Waals surface area contributed by atoms with Gasteiger partial charge in [-0.15, -0.1) is 0 Å². The first kappa shape index (κ1) is 14.4. The zero-order valence-electron chi connectivity index (χ0n) is 12.2. The molecule has 3 aromatic heterocycles. The van der Waals surface area contributed by atoms with Crippen LogP contribution in [-0.4, -0.2) is 25.2 Å². The maximum absolute atomic E-state index is 12.6. The minimum absolute atomic E-state index is 0.352. The highest BCUT2D eigenvalue weighted by molar-refractivity contribution is 6.30. The van der Waals surface area contributed by atoms with Crippen molar-refractivity contribution in [2.75, 3.05) is 5.43 Å². The van der Waals surface area contributed by atoms with Crippen molar-refractivity contribution < 1.29 is 4.79 Å². The number of nitrogens with zero attached hydrogens (tertiary/aromatic N) is 4. The van der Waals surface area contributed by atoms with E-state index in [1.54, 1.807) is 47.1 Å². The van der Waals surface area contributed by atoms with Gasteiger partial charge in [0.1, 0.15) is 0 Å². The van der Waals surface area contributed by atoms with Gasteiger partial charge in [-0.2, -0.15) is 5.10 Å². The fourth-order valence-electron chi connectivity index (χ4n) is 2.42. The van der Waals surface area contributed by atoms with Crippen molar-refractivity contribution in [3.63, 3.8) is 0 Å². The minimum atomic E-state index is -0.416. The number of nitrogens with one attached hydrogen (secondary N) is 1. The normalized spacial score (nSPS) is 11.0. The fourth-order valence-corrected chi connectivity index (χ4v) is 2.55. The van der Waals surface area contributed by atoms with Crippen LogP contribution in [0.4, 0.5) is 0 Å². The summed E-state index contributed by atoms with van der Waals surface area (Å²) in [6.07, 6.45) is 4.56. The van der Waals surface area contributed by atoms with Gasteiger partial charge < -0.3 is 0 Å². The lowest BCUT2D eigenvalue weighted by Gasteiger charge is -2.09. The Morgan fingerprint density at radius 2 is 1.92 bits per heavy atom. The number of hydrogen-bond acceptors (Lipinski definition) is 4. The van der Waals surface area contributed by atoms with E-state index < -0.39 is 5.91 Å². The number of pyridine rings is 1. The summed E-state index contributed by atoms with van der Waals surface area (Å²) in [5.41, 5.74) is 3.81. The summed E-state index contributed by atoms with van der Waals surface area (Å²) in [6.45, 7) is 0. The third kappa shape index (κ3) is 2.31. The molecule has 0 fully saturated rings. The molecular formula is C16H10ClN5O2. The first-order chi connectivity index (χ1) is 11.6. The van der Waals surface area contributed by atoms with Gasteiger partial charge in [0.15, 0.2) is 5.65 Å². The van der Waals surface area contributed by atoms with E-state index >= 15 is 0 Å². The zero-order chi connectivity index (χ0) is 16.7. The molecule has 7 nitrogen and oxygen atoms in total. The molecule has 118 valence electrons. The average Bonchev–Trinajstić information content (AvgIpc) is 3.07. The molecule has 0 bridgehead atoms. The monoisotopic (exact) mass is 339 g/mol. The Labute approximate surface area is 140 Å². The van der Waals surface area contributed by atoms with E-state index in [1.165, 1.54) is 12.4 Å². The lowest BCUT2D eigenvalue weighted by Crippen LogP contribution is -2.32. The minimum Gasteiger partial charge on any atom is -0.267 e. The largest absolute Gasteiger partial charge is 0.280 e. The van der Waals surface area contributed by atoms with Gasteiger partial charge in [0, 0.05) is 29.0 Å². The second kappa shape index (κ2) is 5.47. The number of aromatic nitrogens is 4. The molecule has 1 amide bonds. The predicted molar refractivity (Wildman–Crippen MR) is 89.9 cm³/mol. The lowest BCUT2D eigenvalue weighted by molar-refractivity contribution is 0.101. The Morgan fingerprint density at radius 1 is 1.12 bits per heavy atom. The molecule has 1 aromatic carbocycles. The number of rotatable bonds is 2. The van der Waals surface area contributed by atoms with Gasteiger partial charge in [-0.05, 0) is 30.3 Å². The highest BCUT2D eigenvalue weighted by Gasteiger charge is 2.11. The molecule has 0 unspecified atom stereocenters. The van der Waals surface area contributed by atoms with Gasteiger partial charge >= 0.3 is 0 Å². The molecule has 24 heavy (non-hydrogen) atoms. The first-order valence-corrected chi connectivity index (χ1v) is 7.42. The third-order valence-corrected chi connectivity index (χ3v) is 3.86. The average molecular weight is 340 g/mol. The van der Waals surface area contributed by atoms with Crippen LogP contribution in [0.2, 0.25) is 5.02 Å². The molecule has 0 saturated carbocycles. The molecule has 0 atom stereocenters. The molecule has 3 heterocycles. The number of fused-ring (bicyclic) bond motifs is 3. The maximum atomic E-state index is 12.6. The predicted octanol–water partition coefficient (Wildman–Crippen LogP) is 2.08. The van der Waals surface area contributed by atoms with Crippen molar-refractivity contribution in [2.45, 2.75) is 0 Å². The molecule has 1 N–H and O–H groups in total. The number of hydrogen-bond donors (Lipinski definition) is 1. The van der Waals surface area contributed by atoms with Gasteiger partial charge in [-0.25, -0.2) is 14.2 Å². The summed E-state index contributed by atoms with van der Waals surface area (Å²) in [5.74, 6) is -0.416. The maximum Gasteiger partial charge on any atom is 0.280 e. The van der Waals surface area contributed by atoms with Gasteiger partial charge in [-0.1, -0.05) is 11.6 Å². The van der Waals surface area contributed by atoms with Crippen LogP contribution in [-0.2, 0) is 0 Å². The number of benzene rings is 1. The number of halogens is 1. The van der Waals surface area contributed by atoms with Crippen LogP contribution in [0.25, 0.3) is 16.6 Å². The summed E-state index contributed by atoms with van der Waals surface area (Å²) in [6, 6.07) is 9.82. The number of amides is 1. The molecule has 4 aromatic rings. The van der Waals surface area contributed by atoms with Crippen LogP contribution in [0.15, 0.2) is 59.8 Å². The highest BCUT2D eigenvalue weighted by atomic mass is 35.5. The second-order valence-corrected chi connectivity index (χ2v) is 5.53. The number of carbonyl (C=O) groups excluding carboxylic acids is 1. The molecule has 0 aliphatic carbocycles. The van der Waals surface area contributed by atoms with E-state index in [9.17, 15) is 9.59 Å². The van der Waals surface area contributed by atoms with Crippen molar-refractivity contribution in [3.8, 4) is 0 Å². The van der Waals surface area contributed by atoms with Crippen molar-refractivity contribution in [1.82, 2.24) is 19.3 Å². The molecule has 4 rings (SSSR count). The van der Waals surface area contributed by atoms with E-state index in [1.807, 2.05) is 0 Å². The Balaban J connectivity index is 1.76. The molecule has 0 radical (unpaired) electrons. The van der Waals surface area contributed by atoms with Crippen molar-refractivity contribution in [1.29, 1.82) is 0 Å². The van der Waals surface area contributed by atoms with Gasteiger partial charge in [0.25, 0.3) is 11.5 Å². The third-order valence-electron chi connectivity index (χ3n) is 3.61. The van der Waals surface area contributed by atoms with Crippen LogP contribution in [0.5, 0.6) is 0 Å². The van der Waals surface area contributed by atoms with E-state index in [-0.39, 0.29) is 5.56 Å². The van der Waals surface area contributed by atoms with E-state index in [2.05, 4.69) is 15.5 Å². The van der Waals surface area contributed by atoms with Crippen molar-refractivity contribution in [2.24, 2.45) is 0 Å². The smallest absolute Gasteiger partial charge is 0.267 e. The summed E-state index contributed by atoms with van der Waals surface area (Å²) in [5, 5.41) is 5.02. The van der Waals surface area contributed by atoms with Crippen LogP contribution < -0.4 is 11.0 Å². The Hall–Kier alpha value is -3.19. The summed E-state index contributed by atoms with van der Waals surface area (Å²) in [7, 11) is 0. The van der Waals surface area contributed by atoms with Gasteiger partial charge in [0.05, 0.1) is 17.1 Å². The SMILES string of the molecule is O=C(Nn1ccc2c(cnc3ccnn32)c1=O)c1ccc(Cl)cc1. The van der Waals surface area contributed by atoms with E-state index in [0.717, 1.165) is 4.68 Å². The van der Waals surface area contributed by atoms with E-state index in [0.29, 0.717) is 27.1 Å². The number of carbonyl (C=O) groups is 1. The summed E-state index contributed by atoms with van der Waals surface area (Å²) in [4.78, 5) is 29.0. The topological polar surface area (TPSA) is 81.3 Å². The van der Waals surface area contributed by atoms with E-state index in [4.69, 9.17) is 11.6 Å². The molecule has 8 heteroatoms. The summed E-state index contributed by atoms with van der Waals surface area (Å²) >= 11 is 5.80. The standard InChI is InChI=1S/C16H10ClN5O2/c17-11-3-1-10(2-4-11)15(23)20-21-8-6-13-12(16(21)24)9-18-14-5-7-19-22(13)14/h1-9H,(H,20,23). The second-order valence-electron chi connectivity index (χ2n) is 5.10. The van der Waals surface area contributed by atoms with Gasteiger partial charge in [0.2, 0.25) is 0 Å². The molecule has 0 aliphatic rings.